The monoisotopic (exact) mass is 252 g/mol. The Morgan fingerprint density at radius 3 is 3.00 bits per heavy atom. The molecule has 0 fully saturated rings. The Morgan fingerprint density at radius 2 is 2.28 bits per heavy atom. The number of carbonyl (C=O) groups is 2. The van der Waals surface area contributed by atoms with Crippen LogP contribution in [-0.2, 0) is 11.2 Å². The van der Waals surface area contributed by atoms with Gasteiger partial charge in [-0.05, 0) is 18.1 Å². The van der Waals surface area contributed by atoms with E-state index in [1.807, 2.05) is 0 Å². The van der Waals surface area contributed by atoms with Crippen LogP contribution in [0.15, 0.2) is 18.2 Å². The second-order valence-electron chi connectivity index (χ2n) is 3.79. The maximum Gasteiger partial charge on any atom is 0.431 e. The van der Waals surface area contributed by atoms with Crippen molar-refractivity contribution in [3.05, 3.63) is 23.8 Å². The molecule has 1 aliphatic heterocycles. The topological polar surface area (TPSA) is 99.1 Å². The minimum absolute atomic E-state index is 0.0637. The van der Waals surface area contributed by atoms with E-state index in [4.69, 9.17) is 15.1 Å². The van der Waals surface area contributed by atoms with Gasteiger partial charge in [-0.25, -0.2) is 4.79 Å². The van der Waals surface area contributed by atoms with Crippen molar-refractivity contribution >= 4 is 17.7 Å². The minimum atomic E-state index is -1.41. The lowest BCUT2D eigenvalue weighted by molar-refractivity contribution is -0.118. The lowest BCUT2D eigenvalue weighted by atomic mass is 10.1. The summed E-state index contributed by atoms with van der Waals surface area (Å²) in [4.78, 5) is 21.6. The molecule has 0 radical (unpaired) electrons. The number of anilines is 1. The number of fused-ring (bicyclic) bond motifs is 1. The number of hydrogen-bond acceptors (Lipinski definition) is 4. The third kappa shape index (κ3) is 2.51. The number of benzene rings is 1. The van der Waals surface area contributed by atoms with Gasteiger partial charge in [-0.2, -0.15) is 5.06 Å². The molecule has 0 atom stereocenters. The molecule has 0 aliphatic carbocycles. The van der Waals surface area contributed by atoms with Crippen molar-refractivity contribution in [2.75, 3.05) is 18.5 Å². The summed E-state index contributed by atoms with van der Waals surface area (Å²) in [5, 5.41) is 20.4. The third-order valence-electron chi connectivity index (χ3n) is 2.53. The summed E-state index contributed by atoms with van der Waals surface area (Å²) in [7, 11) is 0. The van der Waals surface area contributed by atoms with Gasteiger partial charge in [0.15, 0.2) is 6.61 Å². The first-order valence-electron chi connectivity index (χ1n) is 5.32. The van der Waals surface area contributed by atoms with E-state index < -0.39 is 6.09 Å². The van der Waals surface area contributed by atoms with Gasteiger partial charge in [-0.3, -0.25) is 10.0 Å². The number of amides is 2. The minimum Gasteiger partial charge on any atom is -0.481 e. The van der Waals surface area contributed by atoms with Crippen molar-refractivity contribution in [3.63, 3.8) is 0 Å². The highest BCUT2D eigenvalue weighted by Gasteiger charge is 2.19. The number of carbonyl (C=O) groups excluding carboxylic acids is 1. The molecule has 3 N–H and O–H groups in total. The van der Waals surface area contributed by atoms with Gasteiger partial charge in [0.2, 0.25) is 0 Å². The quantitative estimate of drug-likeness (QED) is 0.549. The fourth-order valence-corrected chi connectivity index (χ4v) is 1.70. The van der Waals surface area contributed by atoms with E-state index in [2.05, 4.69) is 5.32 Å². The molecule has 0 saturated carbocycles. The van der Waals surface area contributed by atoms with Crippen LogP contribution in [0.3, 0.4) is 0 Å². The molecule has 0 spiro atoms. The predicted molar refractivity (Wildman–Crippen MR) is 60.8 cm³/mol. The molecule has 0 unspecified atom stereocenters. The highest BCUT2D eigenvalue weighted by atomic mass is 16.6. The Labute approximate surface area is 103 Å². The van der Waals surface area contributed by atoms with Crippen molar-refractivity contribution in [1.29, 1.82) is 0 Å². The van der Waals surface area contributed by atoms with E-state index in [0.717, 1.165) is 5.56 Å². The first kappa shape index (κ1) is 12.2. The zero-order valence-corrected chi connectivity index (χ0v) is 9.42. The molecule has 1 heterocycles. The molecular weight excluding hydrogens is 240 g/mol. The van der Waals surface area contributed by atoms with Gasteiger partial charge < -0.3 is 15.2 Å². The van der Waals surface area contributed by atoms with Gasteiger partial charge in [0.1, 0.15) is 5.75 Å². The zero-order chi connectivity index (χ0) is 13.1. The van der Waals surface area contributed by atoms with Crippen molar-refractivity contribution in [2.24, 2.45) is 0 Å². The number of rotatable bonds is 3. The number of nitrogens with zero attached hydrogens (tertiary/aromatic N) is 1. The van der Waals surface area contributed by atoms with Crippen LogP contribution in [0.1, 0.15) is 5.56 Å². The van der Waals surface area contributed by atoms with Crippen LogP contribution >= 0.6 is 0 Å². The van der Waals surface area contributed by atoms with Crippen LogP contribution in [0, 0.1) is 0 Å². The standard InChI is InChI=1S/C11H12N2O5/c14-9-6-18-10-7(2-1-3-8(10)12-9)4-5-13(17)11(15)16/h1-3,17H,4-6H2,(H,12,14)(H,15,16). The molecule has 2 amide bonds. The Bertz CT molecular complexity index is 488. The predicted octanol–water partition coefficient (Wildman–Crippen LogP) is 0.929. The second kappa shape index (κ2) is 4.92. The van der Waals surface area contributed by atoms with Gasteiger partial charge in [0.25, 0.3) is 5.91 Å². The number of ether oxygens (including phenoxy) is 1. The molecule has 0 bridgehead atoms. The molecule has 1 aromatic rings. The summed E-state index contributed by atoms with van der Waals surface area (Å²) in [5.74, 6) is 0.296. The third-order valence-corrected chi connectivity index (χ3v) is 2.53. The van der Waals surface area contributed by atoms with Gasteiger partial charge in [-0.15, -0.1) is 0 Å². The molecule has 96 valence electrons. The number of nitrogens with one attached hydrogen (secondary N) is 1. The zero-order valence-electron chi connectivity index (χ0n) is 9.42. The molecular formula is C11H12N2O5. The maximum atomic E-state index is 11.1. The summed E-state index contributed by atoms with van der Waals surface area (Å²) < 4.78 is 5.30. The fraction of sp³-hybridized carbons (Fsp3) is 0.273. The number of para-hydroxylation sites is 1. The first-order valence-corrected chi connectivity index (χ1v) is 5.32. The second-order valence-corrected chi connectivity index (χ2v) is 3.79. The summed E-state index contributed by atoms with van der Waals surface area (Å²) in [5.41, 5.74) is 1.29. The molecule has 1 aliphatic rings. The van der Waals surface area contributed by atoms with Crippen molar-refractivity contribution in [3.8, 4) is 5.75 Å². The van der Waals surface area contributed by atoms with Gasteiger partial charge in [0, 0.05) is 0 Å². The number of hydroxylamine groups is 2. The van der Waals surface area contributed by atoms with Crippen LogP contribution < -0.4 is 10.1 Å². The average molecular weight is 252 g/mol. The fourth-order valence-electron chi connectivity index (χ4n) is 1.70. The lowest BCUT2D eigenvalue weighted by Crippen LogP contribution is -2.29. The van der Waals surface area contributed by atoms with Crippen LogP contribution in [0.2, 0.25) is 0 Å². The smallest absolute Gasteiger partial charge is 0.431 e. The Hall–Kier alpha value is -2.28. The van der Waals surface area contributed by atoms with Crippen LogP contribution in [-0.4, -0.2) is 40.5 Å². The molecule has 0 aromatic heterocycles. The van der Waals surface area contributed by atoms with Gasteiger partial charge >= 0.3 is 6.09 Å². The number of carboxylic acid groups (broad SMARTS) is 1. The SMILES string of the molecule is O=C1COc2c(CCN(O)C(=O)O)cccc2N1. The van der Waals surface area contributed by atoms with Crippen LogP contribution in [0.5, 0.6) is 5.75 Å². The van der Waals surface area contributed by atoms with Crippen molar-refractivity contribution < 1.29 is 24.6 Å². The summed E-state index contributed by atoms with van der Waals surface area (Å²) in [6, 6.07) is 5.18. The van der Waals surface area contributed by atoms with E-state index >= 15 is 0 Å². The largest absolute Gasteiger partial charge is 0.481 e. The van der Waals surface area contributed by atoms with E-state index in [1.165, 1.54) is 0 Å². The molecule has 18 heavy (non-hydrogen) atoms. The molecule has 7 nitrogen and oxygen atoms in total. The van der Waals surface area contributed by atoms with Crippen molar-refractivity contribution in [2.45, 2.75) is 6.42 Å². The molecule has 7 heteroatoms. The number of hydrogen-bond donors (Lipinski definition) is 3. The summed E-state index contributed by atoms with van der Waals surface area (Å²) in [6.07, 6.45) is -1.11. The summed E-state index contributed by atoms with van der Waals surface area (Å²) >= 11 is 0. The van der Waals surface area contributed by atoms with E-state index in [9.17, 15) is 9.59 Å². The van der Waals surface area contributed by atoms with Crippen LogP contribution in [0.4, 0.5) is 10.5 Å². The first-order chi connectivity index (χ1) is 8.58. The summed E-state index contributed by atoms with van der Waals surface area (Å²) in [6.45, 7) is -0.130. The van der Waals surface area contributed by atoms with Crippen LogP contribution in [0.25, 0.3) is 0 Å². The van der Waals surface area contributed by atoms with Gasteiger partial charge in [0.05, 0.1) is 12.2 Å². The molecule has 1 aromatic carbocycles. The Balaban J connectivity index is 2.12. The van der Waals surface area contributed by atoms with E-state index in [0.29, 0.717) is 17.9 Å². The molecule has 0 saturated heterocycles. The van der Waals surface area contributed by atoms with Crippen molar-refractivity contribution in [1.82, 2.24) is 5.06 Å². The van der Waals surface area contributed by atoms with E-state index in [-0.39, 0.29) is 24.1 Å². The Morgan fingerprint density at radius 1 is 1.50 bits per heavy atom. The van der Waals surface area contributed by atoms with E-state index in [1.54, 1.807) is 18.2 Å². The van der Waals surface area contributed by atoms with Gasteiger partial charge in [-0.1, -0.05) is 12.1 Å². The maximum absolute atomic E-state index is 11.1. The highest BCUT2D eigenvalue weighted by Crippen LogP contribution is 2.31. The highest BCUT2D eigenvalue weighted by molar-refractivity contribution is 5.95. The lowest BCUT2D eigenvalue weighted by Gasteiger charge is -2.21. The molecule has 2 rings (SSSR count). The average Bonchev–Trinajstić information content (AvgIpc) is 2.35. The Kier molecular flexibility index (Phi) is 3.33. The normalized spacial score (nSPS) is 13.3.